The van der Waals surface area contributed by atoms with Crippen LogP contribution < -0.4 is 5.32 Å². The smallest absolute Gasteiger partial charge is 0.238 e. The van der Waals surface area contributed by atoms with Crippen molar-refractivity contribution in [3.8, 4) is 0 Å². The molecule has 0 aliphatic carbocycles. The summed E-state index contributed by atoms with van der Waals surface area (Å²) in [6, 6.07) is 6.24. The van der Waals surface area contributed by atoms with Crippen LogP contribution in [0, 0.1) is 5.82 Å². The summed E-state index contributed by atoms with van der Waals surface area (Å²) in [5.41, 5.74) is 0.267. The molecule has 1 N–H and O–H groups in total. The number of nitrogens with one attached hydrogen (secondary N) is 1. The van der Waals surface area contributed by atoms with Gasteiger partial charge < -0.3 is 5.32 Å². The standard InChI is InChI=1S/C11H12FNOS2/c12-8-3-1-2-4-9(8)13-11(14)10-7-15-5-6-16-10/h1-4,10H,5-7H2,(H,13,14). The second kappa shape index (κ2) is 5.59. The number of carbonyl (C=O) groups is 1. The second-order valence-electron chi connectivity index (χ2n) is 3.40. The average molecular weight is 257 g/mol. The third kappa shape index (κ3) is 2.92. The molecule has 0 bridgehead atoms. The summed E-state index contributed by atoms with van der Waals surface area (Å²) in [5, 5.41) is 2.57. The number of amides is 1. The summed E-state index contributed by atoms with van der Waals surface area (Å²) < 4.78 is 13.3. The van der Waals surface area contributed by atoms with Crippen LogP contribution in [0.15, 0.2) is 24.3 Å². The molecule has 1 aliphatic heterocycles. The fourth-order valence-corrected chi connectivity index (χ4v) is 3.97. The molecule has 2 nitrogen and oxygen atoms in total. The Kier molecular flexibility index (Phi) is 4.12. The van der Waals surface area contributed by atoms with E-state index in [0.29, 0.717) is 0 Å². The Morgan fingerprint density at radius 1 is 1.38 bits per heavy atom. The molecule has 16 heavy (non-hydrogen) atoms. The van der Waals surface area contributed by atoms with E-state index in [1.165, 1.54) is 6.07 Å². The lowest BCUT2D eigenvalue weighted by Gasteiger charge is -2.20. The van der Waals surface area contributed by atoms with Gasteiger partial charge >= 0.3 is 0 Å². The van der Waals surface area contributed by atoms with Gasteiger partial charge in [0.05, 0.1) is 10.9 Å². The highest BCUT2D eigenvalue weighted by Gasteiger charge is 2.22. The number of rotatable bonds is 2. The first-order valence-electron chi connectivity index (χ1n) is 5.02. The number of hydrogen-bond acceptors (Lipinski definition) is 3. The predicted molar refractivity (Wildman–Crippen MR) is 68.6 cm³/mol. The molecular weight excluding hydrogens is 245 g/mol. The molecule has 1 saturated heterocycles. The highest BCUT2D eigenvalue weighted by atomic mass is 32.2. The Morgan fingerprint density at radius 2 is 2.19 bits per heavy atom. The van der Waals surface area contributed by atoms with E-state index in [-0.39, 0.29) is 22.7 Å². The normalized spacial score (nSPS) is 20.4. The van der Waals surface area contributed by atoms with Crippen LogP contribution in [-0.4, -0.2) is 28.4 Å². The Hall–Kier alpha value is -0.680. The second-order valence-corrected chi connectivity index (χ2v) is 5.86. The van der Waals surface area contributed by atoms with Gasteiger partial charge in [-0.2, -0.15) is 11.8 Å². The zero-order chi connectivity index (χ0) is 11.4. The molecule has 0 spiro atoms. The number of para-hydroxylation sites is 1. The van der Waals surface area contributed by atoms with E-state index in [9.17, 15) is 9.18 Å². The van der Waals surface area contributed by atoms with Crippen LogP contribution in [0.1, 0.15) is 0 Å². The molecule has 1 unspecified atom stereocenters. The van der Waals surface area contributed by atoms with Gasteiger partial charge in [0.15, 0.2) is 0 Å². The summed E-state index contributed by atoms with van der Waals surface area (Å²) in [6.07, 6.45) is 0. The lowest BCUT2D eigenvalue weighted by atomic mass is 10.3. The Bertz CT molecular complexity index is 380. The number of thioether (sulfide) groups is 2. The Balaban J connectivity index is 1.99. The van der Waals surface area contributed by atoms with Crippen LogP contribution in [0.3, 0.4) is 0 Å². The molecule has 0 aromatic heterocycles. The molecule has 1 amide bonds. The Labute approximate surface area is 102 Å². The van der Waals surface area contributed by atoms with Crippen LogP contribution in [0.2, 0.25) is 0 Å². The first-order chi connectivity index (χ1) is 7.77. The van der Waals surface area contributed by atoms with Crippen molar-refractivity contribution in [3.05, 3.63) is 30.1 Å². The van der Waals surface area contributed by atoms with Gasteiger partial charge in [0.25, 0.3) is 0 Å². The van der Waals surface area contributed by atoms with Crippen molar-refractivity contribution in [2.24, 2.45) is 0 Å². The molecule has 1 heterocycles. The van der Waals surface area contributed by atoms with Crippen LogP contribution in [-0.2, 0) is 4.79 Å². The summed E-state index contributed by atoms with van der Waals surface area (Å²) in [6.45, 7) is 0. The maximum atomic E-state index is 13.3. The minimum absolute atomic E-state index is 0.0571. The molecule has 1 aliphatic rings. The SMILES string of the molecule is O=C(Nc1ccccc1F)C1CSCCS1. The van der Waals surface area contributed by atoms with Crippen molar-refractivity contribution in [3.63, 3.8) is 0 Å². The lowest BCUT2D eigenvalue weighted by Crippen LogP contribution is -2.30. The molecule has 0 radical (unpaired) electrons. The minimum atomic E-state index is -0.385. The summed E-state index contributed by atoms with van der Waals surface area (Å²) in [7, 11) is 0. The number of anilines is 1. The molecule has 2 rings (SSSR count). The first-order valence-corrected chi connectivity index (χ1v) is 7.22. The van der Waals surface area contributed by atoms with Crippen molar-refractivity contribution in [2.45, 2.75) is 5.25 Å². The van der Waals surface area contributed by atoms with E-state index < -0.39 is 0 Å². The molecule has 1 aromatic carbocycles. The van der Waals surface area contributed by atoms with Gasteiger partial charge in [0.1, 0.15) is 5.82 Å². The number of hydrogen-bond donors (Lipinski definition) is 1. The van der Waals surface area contributed by atoms with E-state index in [1.807, 2.05) is 0 Å². The van der Waals surface area contributed by atoms with E-state index in [0.717, 1.165) is 17.3 Å². The fourth-order valence-electron chi connectivity index (χ4n) is 1.41. The fraction of sp³-hybridized carbons (Fsp3) is 0.364. The van der Waals surface area contributed by atoms with Gasteiger partial charge in [0, 0.05) is 17.3 Å². The highest BCUT2D eigenvalue weighted by molar-refractivity contribution is 8.07. The van der Waals surface area contributed by atoms with E-state index in [2.05, 4.69) is 5.32 Å². The van der Waals surface area contributed by atoms with Crippen LogP contribution >= 0.6 is 23.5 Å². The van der Waals surface area contributed by atoms with E-state index in [1.54, 1.807) is 41.7 Å². The zero-order valence-corrected chi connectivity index (χ0v) is 10.2. The van der Waals surface area contributed by atoms with Crippen molar-refractivity contribution in [2.75, 3.05) is 22.6 Å². The van der Waals surface area contributed by atoms with Gasteiger partial charge in [0.2, 0.25) is 5.91 Å². The van der Waals surface area contributed by atoms with Gasteiger partial charge in [-0.25, -0.2) is 4.39 Å². The topological polar surface area (TPSA) is 29.1 Å². The van der Waals surface area contributed by atoms with E-state index in [4.69, 9.17) is 0 Å². The van der Waals surface area contributed by atoms with E-state index >= 15 is 0 Å². The maximum absolute atomic E-state index is 13.3. The van der Waals surface area contributed by atoms with Crippen LogP contribution in [0.25, 0.3) is 0 Å². The monoisotopic (exact) mass is 257 g/mol. The molecule has 0 saturated carbocycles. The van der Waals surface area contributed by atoms with Gasteiger partial charge in [-0.3, -0.25) is 4.79 Å². The first kappa shape index (κ1) is 11.8. The number of carbonyl (C=O) groups excluding carboxylic acids is 1. The minimum Gasteiger partial charge on any atom is -0.323 e. The number of benzene rings is 1. The van der Waals surface area contributed by atoms with Crippen LogP contribution in [0.4, 0.5) is 10.1 Å². The third-order valence-electron chi connectivity index (χ3n) is 2.24. The number of halogens is 1. The molecule has 5 heteroatoms. The van der Waals surface area contributed by atoms with Crippen molar-refractivity contribution in [1.29, 1.82) is 0 Å². The largest absolute Gasteiger partial charge is 0.323 e. The zero-order valence-electron chi connectivity index (χ0n) is 8.61. The summed E-state index contributed by atoms with van der Waals surface area (Å²) >= 11 is 3.41. The lowest BCUT2D eigenvalue weighted by molar-refractivity contribution is -0.115. The van der Waals surface area contributed by atoms with Crippen molar-refractivity contribution in [1.82, 2.24) is 0 Å². The molecular formula is C11H12FNOS2. The highest BCUT2D eigenvalue weighted by Crippen LogP contribution is 2.25. The van der Waals surface area contributed by atoms with Gasteiger partial charge in [-0.15, -0.1) is 11.8 Å². The van der Waals surface area contributed by atoms with Gasteiger partial charge in [-0.1, -0.05) is 12.1 Å². The predicted octanol–water partition coefficient (Wildman–Crippen LogP) is 2.61. The van der Waals surface area contributed by atoms with Crippen molar-refractivity contribution >= 4 is 35.1 Å². The Morgan fingerprint density at radius 3 is 2.88 bits per heavy atom. The quantitative estimate of drug-likeness (QED) is 0.883. The maximum Gasteiger partial charge on any atom is 0.238 e. The molecule has 86 valence electrons. The molecule has 1 fully saturated rings. The average Bonchev–Trinajstić information content (AvgIpc) is 2.33. The van der Waals surface area contributed by atoms with Gasteiger partial charge in [-0.05, 0) is 12.1 Å². The molecule has 1 aromatic rings. The summed E-state index contributed by atoms with van der Waals surface area (Å²) in [5.74, 6) is 2.41. The molecule has 1 atom stereocenters. The van der Waals surface area contributed by atoms with Crippen molar-refractivity contribution < 1.29 is 9.18 Å². The third-order valence-corrected chi connectivity index (χ3v) is 4.99. The summed E-state index contributed by atoms with van der Waals surface area (Å²) in [4.78, 5) is 11.8. The van der Waals surface area contributed by atoms with Crippen LogP contribution in [0.5, 0.6) is 0 Å².